The Morgan fingerprint density at radius 3 is 2.65 bits per heavy atom. The van der Waals surface area contributed by atoms with E-state index in [4.69, 9.17) is 11.6 Å². The van der Waals surface area contributed by atoms with Gasteiger partial charge in [0.25, 0.3) is 5.91 Å². The number of amides is 1. The van der Waals surface area contributed by atoms with Gasteiger partial charge < -0.3 is 5.32 Å². The third kappa shape index (κ3) is 4.32. The molecule has 0 saturated heterocycles. The smallest absolute Gasteiger partial charge is 0.251 e. The molecule has 0 spiro atoms. The average Bonchev–Trinajstić information content (AvgIpc) is 2.30. The van der Waals surface area contributed by atoms with Crippen molar-refractivity contribution < 1.29 is 4.79 Å². The quantitative estimate of drug-likeness (QED) is 0.841. The fourth-order valence-corrected chi connectivity index (χ4v) is 1.57. The molecule has 17 heavy (non-hydrogen) atoms. The molecule has 1 rings (SSSR count). The monoisotopic (exact) mass is 317 g/mol. The molecule has 0 aliphatic heterocycles. The van der Waals surface area contributed by atoms with Crippen molar-refractivity contribution in [2.75, 3.05) is 11.9 Å². The highest BCUT2D eigenvalue weighted by Crippen LogP contribution is 2.18. The molecular formula is C13H17BrClNO. The van der Waals surface area contributed by atoms with Crippen molar-refractivity contribution in [1.29, 1.82) is 0 Å². The minimum atomic E-state index is -0.0567. The van der Waals surface area contributed by atoms with Crippen molar-refractivity contribution in [2.45, 2.75) is 20.8 Å². The standard InChI is InChI=1S/C13H17BrClNO/c1-9-6-10(4-5-11(9)15)12(17)16-8-13(2,3)7-14/h4-6H,7-8H2,1-3H3,(H,16,17). The first-order valence-corrected chi connectivity index (χ1v) is 6.96. The van der Waals surface area contributed by atoms with Crippen LogP contribution in [-0.4, -0.2) is 17.8 Å². The lowest BCUT2D eigenvalue weighted by Gasteiger charge is -2.21. The summed E-state index contributed by atoms with van der Waals surface area (Å²) < 4.78 is 0. The van der Waals surface area contributed by atoms with Gasteiger partial charge in [0.1, 0.15) is 0 Å². The second-order valence-corrected chi connectivity index (χ2v) is 5.91. The summed E-state index contributed by atoms with van der Waals surface area (Å²) in [5, 5.41) is 4.45. The molecule has 0 saturated carbocycles. The van der Waals surface area contributed by atoms with E-state index >= 15 is 0 Å². The van der Waals surface area contributed by atoms with Crippen LogP contribution in [-0.2, 0) is 0 Å². The van der Waals surface area contributed by atoms with Gasteiger partial charge >= 0.3 is 0 Å². The molecule has 0 aromatic heterocycles. The lowest BCUT2D eigenvalue weighted by atomic mass is 9.96. The summed E-state index contributed by atoms with van der Waals surface area (Å²) in [6.45, 7) is 6.71. The average molecular weight is 319 g/mol. The van der Waals surface area contributed by atoms with Crippen LogP contribution in [0.1, 0.15) is 29.8 Å². The first kappa shape index (κ1) is 14.5. The molecule has 0 aliphatic carbocycles. The van der Waals surface area contributed by atoms with E-state index in [-0.39, 0.29) is 11.3 Å². The molecule has 0 bridgehead atoms. The molecule has 1 aromatic rings. The molecule has 1 amide bonds. The normalized spacial score (nSPS) is 11.4. The highest BCUT2D eigenvalue weighted by atomic mass is 79.9. The van der Waals surface area contributed by atoms with Crippen LogP contribution in [0.25, 0.3) is 0 Å². The van der Waals surface area contributed by atoms with Crippen molar-refractivity contribution in [1.82, 2.24) is 5.32 Å². The van der Waals surface area contributed by atoms with Crippen molar-refractivity contribution >= 4 is 33.4 Å². The van der Waals surface area contributed by atoms with Gasteiger partial charge in [-0.05, 0) is 36.1 Å². The summed E-state index contributed by atoms with van der Waals surface area (Å²) in [5.74, 6) is -0.0567. The van der Waals surface area contributed by atoms with Crippen LogP contribution >= 0.6 is 27.5 Å². The Kier molecular flexibility index (Phi) is 5.02. The Morgan fingerprint density at radius 1 is 1.47 bits per heavy atom. The maximum absolute atomic E-state index is 11.9. The van der Waals surface area contributed by atoms with Crippen molar-refractivity contribution in [3.05, 3.63) is 34.3 Å². The lowest BCUT2D eigenvalue weighted by molar-refractivity contribution is 0.0940. The molecule has 0 unspecified atom stereocenters. The maximum Gasteiger partial charge on any atom is 0.251 e. The molecule has 0 fully saturated rings. The van der Waals surface area contributed by atoms with E-state index in [0.29, 0.717) is 17.1 Å². The molecule has 0 heterocycles. The molecule has 4 heteroatoms. The fraction of sp³-hybridized carbons (Fsp3) is 0.462. The number of aryl methyl sites for hydroxylation is 1. The molecule has 0 atom stereocenters. The number of nitrogens with one attached hydrogen (secondary N) is 1. The summed E-state index contributed by atoms with van der Waals surface area (Å²) in [7, 11) is 0. The van der Waals surface area contributed by atoms with Crippen LogP contribution in [0.15, 0.2) is 18.2 Å². The Balaban J connectivity index is 2.68. The summed E-state index contributed by atoms with van der Waals surface area (Å²) in [5.41, 5.74) is 1.62. The number of halogens is 2. The Morgan fingerprint density at radius 2 is 2.12 bits per heavy atom. The number of rotatable bonds is 4. The van der Waals surface area contributed by atoms with Crippen molar-refractivity contribution in [3.63, 3.8) is 0 Å². The molecular weight excluding hydrogens is 302 g/mol. The zero-order valence-electron chi connectivity index (χ0n) is 10.3. The molecule has 94 valence electrons. The van der Waals surface area contributed by atoms with Gasteiger partial charge in [0.15, 0.2) is 0 Å². The third-order valence-electron chi connectivity index (χ3n) is 2.51. The largest absolute Gasteiger partial charge is 0.351 e. The van der Waals surface area contributed by atoms with E-state index in [1.54, 1.807) is 18.2 Å². The van der Waals surface area contributed by atoms with E-state index in [9.17, 15) is 4.79 Å². The van der Waals surface area contributed by atoms with Crippen LogP contribution in [0.2, 0.25) is 5.02 Å². The number of hydrogen-bond acceptors (Lipinski definition) is 1. The van der Waals surface area contributed by atoms with E-state index in [1.807, 2.05) is 6.92 Å². The Bertz CT molecular complexity index is 418. The van der Waals surface area contributed by atoms with E-state index in [1.165, 1.54) is 0 Å². The minimum Gasteiger partial charge on any atom is -0.351 e. The Labute approximate surface area is 116 Å². The van der Waals surface area contributed by atoms with E-state index < -0.39 is 0 Å². The topological polar surface area (TPSA) is 29.1 Å². The van der Waals surface area contributed by atoms with Gasteiger partial charge in [0.2, 0.25) is 0 Å². The first-order chi connectivity index (χ1) is 7.85. The van der Waals surface area contributed by atoms with E-state index in [2.05, 4.69) is 35.1 Å². The van der Waals surface area contributed by atoms with Crippen LogP contribution in [0.5, 0.6) is 0 Å². The van der Waals surface area contributed by atoms with Gasteiger partial charge in [0, 0.05) is 22.5 Å². The number of hydrogen-bond donors (Lipinski definition) is 1. The van der Waals surface area contributed by atoms with Crippen LogP contribution < -0.4 is 5.32 Å². The highest BCUT2D eigenvalue weighted by Gasteiger charge is 2.17. The number of alkyl halides is 1. The van der Waals surface area contributed by atoms with Crippen LogP contribution in [0.4, 0.5) is 0 Å². The van der Waals surface area contributed by atoms with Gasteiger partial charge in [-0.1, -0.05) is 41.4 Å². The zero-order chi connectivity index (χ0) is 13.1. The minimum absolute atomic E-state index is 0.0527. The predicted molar refractivity (Wildman–Crippen MR) is 76.1 cm³/mol. The summed E-state index contributed by atoms with van der Waals surface area (Å²) in [6.07, 6.45) is 0. The van der Waals surface area contributed by atoms with Crippen molar-refractivity contribution in [2.24, 2.45) is 5.41 Å². The Hall–Kier alpha value is -0.540. The number of carbonyl (C=O) groups is 1. The van der Waals surface area contributed by atoms with E-state index in [0.717, 1.165) is 10.9 Å². The molecule has 0 radical (unpaired) electrons. The first-order valence-electron chi connectivity index (χ1n) is 5.46. The predicted octanol–water partition coefficient (Wildman–Crippen LogP) is 3.80. The second-order valence-electron chi connectivity index (χ2n) is 4.94. The molecule has 1 N–H and O–H groups in total. The summed E-state index contributed by atoms with van der Waals surface area (Å²) in [6, 6.07) is 5.30. The van der Waals surface area contributed by atoms with Gasteiger partial charge in [-0.2, -0.15) is 0 Å². The van der Waals surface area contributed by atoms with Gasteiger partial charge in [-0.15, -0.1) is 0 Å². The summed E-state index contributed by atoms with van der Waals surface area (Å²) in [4.78, 5) is 11.9. The maximum atomic E-state index is 11.9. The van der Waals surface area contributed by atoms with Gasteiger partial charge in [-0.25, -0.2) is 0 Å². The second kappa shape index (κ2) is 5.87. The lowest BCUT2D eigenvalue weighted by Crippen LogP contribution is -2.34. The molecule has 0 aliphatic rings. The number of carbonyl (C=O) groups excluding carboxylic acids is 1. The highest BCUT2D eigenvalue weighted by molar-refractivity contribution is 9.09. The van der Waals surface area contributed by atoms with Crippen molar-refractivity contribution in [3.8, 4) is 0 Å². The van der Waals surface area contributed by atoms with Gasteiger partial charge in [0.05, 0.1) is 0 Å². The summed E-state index contributed by atoms with van der Waals surface area (Å²) >= 11 is 9.35. The van der Waals surface area contributed by atoms with Crippen LogP contribution in [0.3, 0.4) is 0 Å². The van der Waals surface area contributed by atoms with Gasteiger partial charge in [-0.3, -0.25) is 4.79 Å². The number of benzene rings is 1. The zero-order valence-corrected chi connectivity index (χ0v) is 12.7. The molecule has 1 aromatic carbocycles. The van der Waals surface area contributed by atoms with Crippen LogP contribution in [0, 0.1) is 12.3 Å². The SMILES string of the molecule is Cc1cc(C(=O)NCC(C)(C)CBr)ccc1Cl. The molecule has 2 nitrogen and oxygen atoms in total. The fourth-order valence-electron chi connectivity index (χ4n) is 1.25. The third-order valence-corrected chi connectivity index (χ3v) is 4.45.